The summed E-state index contributed by atoms with van der Waals surface area (Å²) < 4.78 is 5.95. The standard InChI is InChI=1S/C22H29N3O2.ClH/c1-16(27-19-9-7-18(8-10-19)22(2,3)4)21(26)25-13-12-24-15-20(25)17-6-5-11-23-14-17;/h5-11,14,16,20,24H,12-13,15H2,1-4H3;1H. The number of pyridine rings is 1. The molecule has 1 saturated heterocycles. The summed E-state index contributed by atoms with van der Waals surface area (Å²) in [6.45, 7) is 10.5. The molecule has 0 saturated carbocycles. The zero-order chi connectivity index (χ0) is 19.4. The molecule has 152 valence electrons. The molecule has 0 radical (unpaired) electrons. The lowest BCUT2D eigenvalue weighted by Crippen LogP contribution is -2.52. The van der Waals surface area contributed by atoms with Crippen LogP contribution >= 0.6 is 12.4 Å². The highest BCUT2D eigenvalue weighted by Gasteiger charge is 2.31. The minimum Gasteiger partial charge on any atom is -0.481 e. The predicted octanol–water partition coefficient (Wildman–Crippen LogP) is 3.74. The molecule has 0 bridgehead atoms. The number of halogens is 1. The number of piperazine rings is 1. The summed E-state index contributed by atoms with van der Waals surface area (Å²) in [5.41, 5.74) is 2.38. The number of hydrogen-bond acceptors (Lipinski definition) is 4. The van der Waals surface area contributed by atoms with Gasteiger partial charge in [0.2, 0.25) is 0 Å². The van der Waals surface area contributed by atoms with Crippen molar-refractivity contribution >= 4 is 18.3 Å². The normalized spacial score (nSPS) is 18.1. The van der Waals surface area contributed by atoms with Crippen LogP contribution in [0.25, 0.3) is 0 Å². The maximum Gasteiger partial charge on any atom is 0.263 e. The molecule has 1 aliphatic rings. The van der Waals surface area contributed by atoms with E-state index in [-0.39, 0.29) is 29.8 Å². The monoisotopic (exact) mass is 403 g/mol. The van der Waals surface area contributed by atoms with Crippen LogP contribution in [-0.4, -0.2) is 41.5 Å². The molecule has 5 nitrogen and oxygen atoms in total. The summed E-state index contributed by atoms with van der Waals surface area (Å²) in [7, 11) is 0. The summed E-state index contributed by atoms with van der Waals surface area (Å²) in [5.74, 6) is 0.724. The van der Waals surface area contributed by atoms with E-state index in [9.17, 15) is 4.79 Å². The Morgan fingerprint density at radius 2 is 1.96 bits per heavy atom. The van der Waals surface area contributed by atoms with Crippen LogP contribution in [0.2, 0.25) is 0 Å². The Bertz CT molecular complexity index is 760. The average molecular weight is 404 g/mol. The Kier molecular flexibility index (Phi) is 7.44. The lowest BCUT2D eigenvalue weighted by atomic mass is 9.87. The summed E-state index contributed by atoms with van der Waals surface area (Å²) in [4.78, 5) is 19.2. The molecule has 1 N–H and O–H groups in total. The molecule has 2 aromatic rings. The van der Waals surface area contributed by atoms with E-state index >= 15 is 0 Å². The van der Waals surface area contributed by atoms with Crippen molar-refractivity contribution in [1.29, 1.82) is 0 Å². The molecule has 1 aromatic heterocycles. The average Bonchev–Trinajstić information content (AvgIpc) is 2.68. The first kappa shape index (κ1) is 22.2. The van der Waals surface area contributed by atoms with Gasteiger partial charge in [-0.2, -0.15) is 0 Å². The van der Waals surface area contributed by atoms with Gasteiger partial charge in [-0.1, -0.05) is 39.0 Å². The minimum atomic E-state index is -0.539. The topological polar surface area (TPSA) is 54.5 Å². The van der Waals surface area contributed by atoms with E-state index in [4.69, 9.17) is 4.74 Å². The SMILES string of the molecule is CC(Oc1ccc(C(C)(C)C)cc1)C(=O)N1CCNCC1c1cccnc1.Cl. The molecule has 0 aliphatic carbocycles. The molecular weight excluding hydrogens is 374 g/mol. The van der Waals surface area contributed by atoms with Crippen LogP contribution < -0.4 is 10.1 Å². The summed E-state index contributed by atoms with van der Waals surface area (Å²) >= 11 is 0. The number of carbonyl (C=O) groups excluding carboxylic acids is 1. The zero-order valence-corrected chi connectivity index (χ0v) is 17.8. The molecule has 28 heavy (non-hydrogen) atoms. The van der Waals surface area contributed by atoms with Crippen LogP contribution in [0.1, 0.15) is 44.9 Å². The van der Waals surface area contributed by atoms with Gasteiger partial charge >= 0.3 is 0 Å². The number of nitrogens with one attached hydrogen (secondary N) is 1. The van der Waals surface area contributed by atoms with Gasteiger partial charge < -0.3 is 15.0 Å². The second-order valence-electron chi connectivity index (χ2n) is 8.07. The zero-order valence-electron chi connectivity index (χ0n) is 17.0. The second-order valence-corrected chi connectivity index (χ2v) is 8.07. The number of hydrogen-bond donors (Lipinski definition) is 1. The van der Waals surface area contributed by atoms with Gasteiger partial charge in [-0.25, -0.2) is 0 Å². The molecule has 1 aliphatic heterocycles. The molecule has 6 heteroatoms. The number of rotatable bonds is 4. The van der Waals surface area contributed by atoms with E-state index in [1.165, 1.54) is 5.56 Å². The molecule has 1 fully saturated rings. The lowest BCUT2D eigenvalue weighted by molar-refractivity contribution is -0.141. The Labute approximate surface area is 173 Å². The van der Waals surface area contributed by atoms with Gasteiger partial charge in [0.05, 0.1) is 6.04 Å². The maximum absolute atomic E-state index is 13.1. The van der Waals surface area contributed by atoms with E-state index < -0.39 is 6.10 Å². The van der Waals surface area contributed by atoms with Crippen LogP contribution in [0.4, 0.5) is 0 Å². The Morgan fingerprint density at radius 1 is 1.25 bits per heavy atom. The van der Waals surface area contributed by atoms with Crippen LogP contribution in [-0.2, 0) is 10.2 Å². The van der Waals surface area contributed by atoms with Crippen LogP contribution in [0.15, 0.2) is 48.8 Å². The van der Waals surface area contributed by atoms with Crippen molar-refractivity contribution in [2.75, 3.05) is 19.6 Å². The van der Waals surface area contributed by atoms with E-state index in [2.05, 4.69) is 43.2 Å². The van der Waals surface area contributed by atoms with E-state index in [0.717, 1.165) is 24.4 Å². The molecular formula is C22H30ClN3O2. The van der Waals surface area contributed by atoms with Crippen molar-refractivity contribution in [1.82, 2.24) is 15.2 Å². The molecule has 1 amide bonds. The van der Waals surface area contributed by atoms with Gasteiger partial charge in [-0.15, -0.1) is 12.4 Å². The number of aromatic nitrogens is 1. The molecule has 2 atom stereocenters. The largest absolute Gasteiger partial charge is 0.481 e. The van der Waals surface area contributed by atoms with Gasteiger partial charge in [0.1, 0.15) is 5.75 Å². The predicted molar refractivity (Wildman–Crippen MR) is 114 cm³/mol. The fourth-order valence-corrected chi connectivity index (χ4v) is 3.36. The first-order chi connectivity index (χ1) is 12.9. The van der Waals surface area contributed by atoms with E-state index in [1.54, 1.807) is 6.20 Å². The Morgan fingerprint density at radius 3 is 2.57 bits per heavy atom. The molecule has 0 spiro atoms. The van der Waals surface area contributed by atoms with Crippen molar-refractivity contribution in [3.63, 3.8) is 0 Å². The summed E-state index contributed by atoms with van der Waals surface area (Å²) in [5, 5.41) is 3.36. The third-order valence-electron chi connectivity index (χ3n) is 4.98. The van der Waals surface area contributed by atoms with Crippen LogP contribution in [0.3, 0.4) is 0 Å². The molecule has 2 heterocycles. The van der Waals surface area contributed by atoms with Crippen LogP contribution in [0, 0.1) is 0 Å². The second kappa shape index (κ2) is 9.39. The first-order valence-corrected chi connectivity index (χ1v) is 9.54. The fourth-order valence-electron chi connectivity index (χ4n) is 3.36. The Balaban J connectivity index is 0.00000280. The van der Waals surface area contributed by atoms with E-state index in [1.807, 2.05) is 42.3 Å². The van der Waals surface area contributed by atoms with Gasteiger partial charge in [0.25, 0.3) is 5.91 Å². The number of carbonyl (C=O) groups is 1. The third-order valence-corrected chi connectivity index (χ3v) is 4.98. The minimum absolute atomic E-state index is 0. The van der Waals surface area contributed by atoms with Crippen molar-refractivity contribution in [2.45, 2.75) is 45.3 Å². The highest BCUT2D eigenvalue weighted by molar-refractivity contribution is 5.85. The van der Waals surface area contributed by atoms with Gasteiger partial charge in [-0.05, 0) is 41.7 Å². The number of amides is 1. The van der Waals surface area contributed by atoms with Crippen LogP contribution in [0.5, 0.6) is 5.75 Å². The summed E-state index contributed by atoms with van der Waals surface area (Å²) in [6.07, 6.45) is 3.04. The van der Waals surface area contributed by atoms with Crippen molar-refractivity contribution in [3.8, 4) is 5.75 Å². The lowest BCUT2D eigenvalue weighted by Gasteiger charge is -2.37. The van der Waals surface area contributed by atoms with Crippen molar-refractivity contribution < 1.29 is 9.53 Å². The van der Waals surface area contributed by atoms with Crippen molar-refractivity contribution in [2.24, 2.45) is 0 Å². The van der Waals surface area contributed by atoms with E-state index in [0.29, 0.717) is 6.54 Å². The molecule has 1 aromatic carbocycles. The number of nitrogens with zero attached hydrogens (tertiary/aromatic N) is 2. The van der Waals surface area contributed by atoms with Gasteiger partial charge in [0, 0.05) is 32.0 Å². The van der Waals surface area contributed by atoms with Gasteiger partial charge in [-0.3, -0.25) is 9.78 Å². The maximum atomic E-state index is 13.1. The molecule has 2 unspecified atom stereocenters. The summed E-state index contributed by atoms with van der Waals surface area (Å²) in [6, 6.07) is 11.9. The number of benzene rings is 1. The van der Waals surface area contributed by atoms with Gasteiger partial charge in [0.15, 0.2) is 6.10 Å². The molecule has 3 rings (SSSR count). The number of ether oxygens (including phenoxy) is 1. The quantitative estimate of drug-likeness (QED) is 0.844. The first-order valence-electron chi connectivity index (χ1n) is 9.54. The van der Waals surface area contributed by atoms with Crippen molar-refractivity contribution in [3.05, 3.63) is 59.9 Å². The fraction of sp³-hybridized carbons (Fsp3) is 0.455. The highest BCUT2D eigenvalue weighted by Crippen LogP contribution is 2.26. The smallest absolute Gasteiger partial charge is 0.263 e. The third kappa shape index (κ3) is 5.24. The highest BCUT2D eigenvalue weighted by atomic mass is 35.5. The Hall–Kier alpha value is -2.11.